The molecule has 0 aliphatic carbocycles. The average molecular weight is 534 g/mol. The predicted molar refractivity (Wildman–Crippen MR) is 154 cm³/mol. The Labute approximate surface area is 229 Å². The van der Waals surface area contributed by atoms with Gasteiger partial charge in [-0.2, -0.15) is 9.61 Å². The molecule has 1 saturated heterocycles. The van der Waals surface area contributed by atoms with Crippen molar-refractivity contribution in [2.45, 2.75) is 33.1 Å². The summed E-state index contributed by atoms with van der Waals surface area (Å²) in [6, 6.07) is 17.9. The van der Waals surface area contributed by atoms with Crippen molar-refractivity contribution in [1.82, 2.24) is 19.5 Å². The van der Waals surface area contributed by atoms with Gasteiger partial charge in [0.05, 0.1) is 18.5 Å². The summed E-state index contributed by atoms with van der Waals surface area (Å²) in [4.78, 5) is 10.0. The van der Waals surface area contributed by atoms with Crippen molar-refractivity contribution in [1.29, 1.82) is 0 Å². The molecule has 8 heteroatoms. The van der Waals surface area contributed by atoms with E-state index in [2.05, 4.69) is 43.6 Å². The van der Waals surface area contributed by atoms with E-state index in [0.29, 0.717) is 6.61 Å². The van der Waals surface area contributed by atoms with Gasteiger partial charge in [-0.15, -0.1) is 0 Å². The number of fused-ring (bicyclic) bond motifs is 1. The highest BCUT2D eigenvalue weighted by Crippen LogP contribution is 2.34. The molecule has 0 N–H and O–H groups in total. The number of halogens is 1. The van der Waals surface area contributed by atoms with Gasteiger partial charge >= 0.3 is 0 Å². The number of aromatic nitrogens is 3. The molecule has 0 spiro atoms. The molecule has 0 saturated carbocycles. The number of benzene rings is 2. The van der Waals surface area contributed by atoms with Gasteiger partial charge < -0.3 is 14.4 Å². The Morgan fingerprint density at radius 1 is 0.947 bits per heavy atom. The molecule has 2 aromatic carbocycles. The highest BCUT2D eigenvalue weighted by atomic mass is 35.5. The smallest absolute Gasteiger partial charge is 0.165 e. The second kappa shape index (κ2) is 10.8. The summed E-state index contributed by atoms with van der Waals surface area (Å²) in [5.74, 6) is 2.74. The van der Waals surface area contributed by atoms with Crippen molar-refractivity contribution in [3.8, 4) is 22.6 Å². The molecule has 4 aromatic rings. The maximum Gasteiger partial charge on any atom is 0.165 e. The van der Waals surface area contributed by atoms with E-state index in [0.717, 1.165) is 83.2 Å². The topological polar surface area (TPSA) is 55.1 Å². The molecule has 3 heterocycles. The summed E-state index contributed by atoms with van der Waals surface area (Å²) in [6.45, 7) is 14.0. The Morgan fingerprint density at radius 2 is 1.66 bits per heavy atom. The SMILES string of the molecule is COc1cccc(OCCN2CCN(c3cc(C(C)(C)C)nc4c(-c5ccc(Cl)cc5)c(C)nn34)CC2)c1. The van der Waals surface area contributed by atoms with Crippen molar-refractivity contribution < 1.29 is 9.47 Å². The first-order valence-corrected chi connectivity index (χ1v) is 13.5. The quantitative estimate of drug-likeness (QED) is 0.296. The van der Waals surface area contributed by atoms with Gasteiger partial charge in [0.25, 0.3) is 0 Å². The number of hydrogen-bond acceptors (Lipinski definition) is 6. The zero-order valence-electron chi connectivity index (χ0n) is 22.9. The van der Waals surface area contributed by atoms with Crippen molar-refractivity contribution in [2.75, 3.05) is 51.3 Å². The van der Waals surface area contributed by atoms with E-state index in [1.54, 1.807) is 7.11 Å². The van der Waals surface area contributed by atoms with Crippen LogP contribution < -0.4 is 14.4 Å². The van der Waals surface area contributed by atoms with Crippen molar-refractivity contribution in [3.63, 3.8) is 0 Å². The van der Waals surface area contributed by atoms with E-state index in [1.807, 2.05) is 53.0 Å². The van der Waals surface area contributed by atoms with Crippen molar-refractivity contribution >= 4 is 23.1 Å². The van der Waals surface area contributed by atoms with E-state index in [4.69, 9.17) is 31.2 Å². The molecule has 200 valence electrons. The maximum atomic E-state index is 6.17. The number of ether oxygens (including phenoxy) is 2. The van der Waals surface area contributed by atoms with Gasteiger partial charge in [0.1, 0.15) is 23.9 Å². The van der Waals surface area contributed by atoms with Gasteiger partial charge in [-0.25, -0.2) is 4.98 Å². The minimum Gasteiger partial charge on any atom is -0.497 e. The van der Waals surface area contributed by atoms with Crippen LogP contribution in [0.2, 0.25) is 5.02 Å². The van der Waals surface area contributed by atoms with Crippen LogP contribution in [0.25, 0.3) is 16.8 Å². The third-order valence-electron chi connectivity index (χ3n) is 7.06. The summed E-state index contributed by atoms with van der Waals surface area (Å²) in [5, 5.41) is 5.68. The van der Waals surface area contributed by atoms with E-state index in [9.17, 15) is 0 Å². The molecule has 0 radical (unpaired) electrons. The molecule has 1 aliphatic rings. The summed E-state index contributed by atoms with van der Waals surface area (Å²) >= 11 is 6.17. The molecule has 2 aromatic heterocycles. The number of aryl methyl sites for hydroxylation is 1. The molecule has 7 nitrogen and oxygen atoms in total. The third-order valence-corrected chi connectivity index (χ3v) is 7.31. The van der Waals surface area contributed by atoms with Crippen LogP contribution in [0.3, 0.4) is 0 Å². The molecule has 38 heavy (non-hydrogen) atoms. The first-order chi connectivity index (χ1) is 18.2. The van der Waals surface area contributed by atoms with Crippen LogP contribution in [0.1, 0.15) is 32.2 Å². The molecule has 0 unspecified atom stereocenters. The average Bonchev–Trinajstić information content (AvgIpc) is 3.24. The minimum atomic E-state index is -0.0920. The number of rotatable bonds is 7. The fourth-order valence-electron chi connectivity index (χ4n) is 4.86. The van der Waals surface area contributed by atoms with Crippen LogP contribution in [0.4, 0.5) is 5.82 Å². The summed E-state index contributed by atoms with van der Waals surface area (Å²) in [7, 11) is 1.67. The van der Waals surface area contributed by atoms with Gasteiger partial charge in [-0.1, -0.05) is 50.6 Å². The van der Waals surface area contributed by atoms with Crippen LogP contribution >= 0.6 is 11.6 Å². The molecule has 5 rings (SSSR count). The molecule has 0 bridgehead atoms. The minimum absolute atomic E-state index is 0.0920. The maximum absolute atomic E-state index is 6.17. The lowest BCUT2D eigenvalue weighted by molar-refractivity contribution is 0.200. The van der Waals surface area contributed by atoms with Crippen LogP contribution in [0, 0.1) is 6.92 Å². The standard InChI is InChI=1S/C30H36ClN5O2/c1-21-28(22-9-11-23(31)12-10-22)29-32-26(30(2,3)4)20-27(36(29)33-21)35-15-13-34(14-16-35)17-18-38-25-8-6-7-24(19-25)37-5/h6-12,19-20H,13-18H2,1-5H3. The van der Waals surface area contributed by atoms with E-state index in [1.165, 1.54) is 0 Å². The number of nitrogens with zero attached hydrogens (tertiary/aromatic N) is 5. The molecular weight excluding hydrogens is 498 g/mol. The number of piperazine rings is 1. The fourth-order valence-corrected chi connectivity index (χ4v) is 4.98. The van der Waals surface area contributed by atoms with Crippen LogP contribution in [0.5, 0.6) is 11.5 Å². The van der Waals surface area contributed by atoms with E-state index >= 15 is 0 Å². The first kappa shape index (κ1) is 26.3. The largest absolute Gasteiger partial charge is 0.497 e. The lowest BCUT2D eigenvalue weighted by Crippen LogP contribution is -2.48. The van der Waals surface area contributed by atoms with Gasteiger partial charge in [0.2, 0.25) is 0 Å². The lowest BCUT2D eigenvalue weighted by atomic mass is 9.91. The monoisotopic (exact) mass is 533 g/mol. The van der Waals surface area contributed by atoms with E-state index in [-0.39, 0.29) is 5.41 Å². The van der Waals surface area contributed by atoms with Crippen LogP contribution in [-0.2, 0) is 5.41 Å². The van der Waals surface area contributed by atoms with Gasteiger partial charge in [0, 0.05) is 60.9 Å². The third kappa shape index (κ3) is 5.59. The molecular formula is C30H36ClN5O2. The molecule has 0 atom stereocenters. The molecule has 0 amide bonds. The second-order valence-corrected chi connectivity index (χ2v) is 11.2. The van der Waals surface area contributed by atoms with Gasteiger partial charge in [0.15, 0.2) is 5.65 Å². The summed E-state index contributed by atoms with van der Waals surface area (Å²) in [5.41, 5.74) is 4.95. The van der Waals surface area contributed by atoms with Crippen LogP contribution in [0.15, 0.2) is 54.6 Å². The second-order valence-electron chi connectivity index (χ2n) is 10.8. The fraction of sp³-hybridized carbons (Fsp3) is 0.400. The number of anilines is 1. The van der Waals surface area contributed by atoms with Crippen molar-refractivity contribution in [3.05, 3.63) is 71.0 Å². The highest BCUT2D eigenvalue weighted by Gasteiger charge is 2.26. The number of methoxy groups -OCH3 is 1. The summed E-state index contributed by atoms with van der Waals surface area (Å²) in [6.07, 6.45) is 0. The normalized spacial score (nSPS) is 14.7. The van der Waals surface area contributed by atoms with Crippen molar-refractivity contribution in [2.24, 2.45) is 0 Å². The zero-order chi connectivity index (χ0) is 26.9. The Balaban J connectivity index is 1.35. The number of hydrogen-bond donors (Lipinski definition) is 0. The Hall–Kier alpha value is -3.29. The van der Waals surface area contributed by atoms with Crippen LogP contribution in [-0.4, -0.2) is 65.9 Å². The Morgan fingerprint density at radius 3 is 2.34 bits per heavy atom. The highest BCUT2D eigenvalue weighted by molar-refractivity contribution is 6.30. The Kier molecular flexibility index (Phi) is 7.50. The zero-order valence-corrected chi connectivity index (χ0v) is 23.6. The lowest BCUT2D eigenvalue weighted by Gasteiger charge is -2.36. The van der Waals surface area contributed by atoms with Gasteiger partial charge in [-0.05, 0) is 36.8 Å². The van der Waals surface area contributed by atoms with Gasteiger partial charge in [-0.3, -0.25) is 4.90 Å². The summed E-state index contributed by atoms with van der Waals surface area (Å²) < 4.78 is 13.3. The Bertz CT molecular complexity index is 1400. The molecule has 1 aliphatic heterocycles. The molecule has 1 fully saturated rings. The predicted octanol–water partition coefficient (Wildman–Crippen LogP) is 5.87. The first-order valence-electron chi connectivity index (χ1n) is 13.1. The van der Waals surface area contributed by atoms with E-state index < -0.39 is 0 Å².